The lowest BCUT2D eigenvalue weighted by Crippen LogP contribution is -2.46. The van der Waals surface area contributed by atoms with Gasteiger partial charge in [0.1, 0.15) is 12.1 Å². The lowest BCUT2D eigenvalue weighted by Gasteiger charge is -2.21. The van der Waals surface area contributed by atoms with Crippen molar-refractivity contribution >= 4 is 39.1 Å². The summed E-state index contributed by atoms with van der Waals surface area (Å²) < 4.78 is 6.22. The van der Waals surface area contributed by atoms with Crippen LogP contribution in [0, 0.1) is 5.92 Å². The third-order valence-electron chi connectivity index (χ3n) is 4.17. The van der Waals surface area contributed by atoms with E-state index < -0.39 is 12.1 Å². The van der Waals surface area contributed by atoms with Crippen molar-refractivity contribution in [1.29, 1.82) is 0 Å². The summed E-state index contributed by atoms with van der Waals surface area (Å²) in [7, 11) is 0. The van der Waals surface area contributed by atoms with Crippen LogP contribution in [0.1, 0.15) is 67.0 Å². The zero-order valence-electron chi connectivity index (χ0n) is 14.8. The van der Waals surface area contributed by atoms with Crippen LogP contribution < -0.4 is 10.6 Å². The first-order valence-corrected chi connectivity index (χ1v) is 10.2. The normalized spacial score (nSPS) is 16.3. The summed E-state index contributed by atoms with van der Waals surface area (Å²) >= 11 is 4.64. The first-order chi connectivity index (χ1) is 12.3. The smallest absolute Gasteiger partial charge is 0.262 e. The van der Waals surface area contributed by atoms with Crippen molar-refractivity contribution in [3.05, 3.63) is 32.5 Å². The molecule has 1 saturated carbocycles. The summed E-state index contributed by atoms with van der Waals surface area (Å²) in [5.74, 6) is 1.01. The Morgan fingerprint density at radius 3 is 2.58 bits per heavy atom. The van der Waals surface area contributed by atoms with Crippen molar-refractivity contribution < 1.29 is 14.1 Å². The average Bonchev–Trinajstić information content (AvgIpc) is 3.16. The highest BCUT2D eigenvalue weighted by Crippen LogP contribution is 2.38. The molecule has 0 radical (unpaired) electrons. The molecule has 2 aromatic rings. The monoisotopic (exact) mass is 440 g/mol. The van der Waals surface area contributed by atoms with E-state index >= 15 is 0 Å². The van der Waals surface area contributed by atoms with Crippen LogP contribution in [-0.4, -0.2) is 28.0 Å². The molecule has 0 aromatic carbocycles. The molecule has 0 bridgehead atoms. The van der Waals surface area contributed by atoms with Gasteiger partial charge in [0.15, 0.2) is 5.82 Å². The second-order valence-corrected chi connectivity index (χ2v) is 9.26. The van der Waals surface area contributed by atoms with E-state index in [-0.39, 0.29) is 17.7 Å². The van der Waals surface area contributed by atoms with Crippen LogP contribution in [0.5, 0.6) is 0 Å². The van der Waals surface area contributed by atoms with E-state index in [2.05, 4.69) is 36.7 Å². The molecule has 2 heterocycles. The van der Waals surface area contributed by atoms with Gasteiger partial charge in [0.2, 0.25) is 11.8 Å². The van der Waals surface area contributed by atoms with Crippen molar-refractivity contribution in [2.24, 2.45) is 5.92 Å². The summed E-state index contributed by atoms with van der Waals surface area (Å²) in [6.45, 7) is 5.59. The van der Waals surface area contributed by atoms with Crippen LogP contribution in [0.15, 0.2) is 20.4 Å². The van der Waals surface area contributed by atoms with E-state index in [0.29, 0.717) is 22.5 Å². The number of aromatic nitrogens is 2. The molecule has 2 atom stereocenters. The number of nitrogens with zero attached hydrogens (tertiary/aromatic N) is 2. The highest BCUT2D eigenvalue weighted by molar-refractivity contribution is 9.11. The van der Waals surface area contributed by atoms with Crippen molar-refractivity contribution in [2.45, 2.75) is 51.6 Å². The molecule has 2 N–H and O–H groups in total. The maximum absolute atomic E-state index is 12.5. The third-order valence-corrected chi connectivity index (χ3v) is 5.79. The van der Waals surface area contributed by atoms with E-state index in [1.807, 2.05) is 13.8 Å². The average molecular weight is 441 g/mol. The molecule has 2 amide bonds. The van der Waals surface area contributed by atoms with Gasteiger partial charge in [0.25, 0.3) is 5.91 Å². The van der Waals surface area contributed by atoms with E-state index in [1.54, 1.807) is 19.1 Å². The van der Waals surface area contributed by atoms with Crippen molar-refractivity contribution in [1.82, 2.24) is 20.8 Å². The van der Waals surface area contributed by atoms with Crippen LogP contribution >= 0.6 is 27.3 Å². The summed E-state index contributed by atoms with van der Waals surface area (Å²) in [5, 5.41) is 9.64. The van der Waals surface area contributed by atoms with Crippen LogP contribution in [-0.2, 0) is 4.79 Å². The number of rotatable bonds is 7. The molecular weight excluding hydrogens is 420 g/mol. The molecule has 1 aliphatic carbocycles. The van der Waals surface area contributed by atoms with Crippen LogP contribution in [0.3, 0.4) is 0 Å². The van der Waals surface area contributed by atoms with Gasteiger partial charge < -0.3 is 15.2 Å². The second kappa shape index (κ2) is 7.87. The Balaban J connectivity index is 1.62. The fourth-order valence-corrected chi connectivity index (χ4v) is 3.73. The van der Waals surface area contributed by atoms with Gasteiger partial charge in [-0.2, -0.15) is 4.98 Å². The summed E-state index contributed by atoms with van der Waals surface area (Å²) in [4.78, 5) is 29.7. The third kappa shape index (κ3) is 4.50. The first-order valence-electron chi connectivity index (χ1n) is 8.55. The van der Waals surface area contributed by atoms with Gasteiger partial charge >= 0.3 is 0 Å². The van der Waals surface area contributed by atoms with Crippen LogP contribution in [0.4, 0.5) is 0 Å². The molecule has 26 heavy (non-hydrogen) atoms. The van der Waals surface area contributed by atoms with Gasteiger partial charge in [-0.15, -0.1) is 11.3 Å². The molecule has 0 aliphatic heterocycles. The molecule has 7 nitrogen and oxygen atoms in total. The van der Waals surface area contributed by atoms with Gasteiger partial charge in [-0.3, -0.25) is 9.59 Å². The maximum atomic E-state index is 12.5. The number of amides is 2. The molecule has 0 spiro atoms. The zero-order valence-corrected chi connectivity index (χ0v) is 17.2. The molecule has 2 aromatic heterocycles. The Hall–Kier alpha value is -1.74. The van der Waals surface area contributed by atoms with E-state index in [0.717, 1.165) is 16.6 Å². The Bertz CT molecular complexity index is 800. The topological polar surface area (TPSA) is 97.1 Å². The molecule has 3 rings (SSSR count). The Morgan fingerprint density at radius 2 is 2.00 bits per heavy atom. The minimum Gasteiger partial charge on any atom is -0.342 e. The maximum Gasteiger partial charge on any atom is 0.262 e. The van der Waals surface area contributed by atoms with E-state index in [4.69, 9.17) is 4.52 Å². The number of hydrogen-bond donors (Lipinski definition) is 2. The van der Waals surface area contributed by atoms with Crippen molar-refractivity contribution in [3.63, 3.8) is 0 Å². The largest absolute Gasteiger partial charge is 0.342 e. The molecule has 0 saturated heterocycles. The van der Waals surface area contributed by atoms with Crippen LogP contribution in [0.25, 0.3) is 0 Å². The molecule has 140 valence electrons. The number of carbonyl (C=O) groups excluding carboxylic acids is 2. The highest BCUT2D eigenvalue weighted by atomic mass is 79.9. The minimum atomic E-state index is -0.685. The SMILES string of the molecule is CC(NC(=O)c1ccc(Br)s1)C(=O)NC(c1nc(C2CC2)no1)C(C)C. The lowest BCUT2D eigenvalue weighted by molar-refractivity contribution is -0.123. The standard InChI is InChI=1S/C17H21BrN4O3S/c1-8(2)13(17-21-14(22-25-17)10-4-5-10)20-15(23)9(3)19-16(24)11-6-7-12(18)26-11/h6-10,13H,4-5H2,1-3H3,(H,19,24)(H,20,23). The first kappa shape index (κ1) is 19.0. The number of hydrogen-bond acceptors (Lipinski definition) is 6. The molecule has 1 aliphatic rings. The quantitative estimate of drug-likeness (QED) is 0.687. The fraction of sp³-hybridized carbons (Fsp3) is 0.529. The van der Waals surface area contributed by atoms with Gasteiger partial charge in [0.05, 0.1) is 8.66 Å². The molecule has 2 unspecified atom stereocenters. The Labute approximate surface area is 164 Å². The van der Waals surface area contributed by atoms with E-state index in [1.165, 1.54) is 11.3 Å². The lowest BCUT2D eigenvalue weighted by atomic mass is 10.0. The Morgan fingerprint density at radius 1 is 1.27 bits per heavy atom. The molecule has 9 heteroatoms. The van der Waals surface area contributed by atoms with Gasteiger partial charge in [-0.25, -0.2) is 0 Å². The Kier molecular flexibility index (Phi) is 5.76. The number of thiophene rings is 1. The predicted molar refractivity (Wildman–Crippen MR) is 101 cm³/mol. The van der Waals surface area contributed by atoms with Gasteiger partial charge in [-0.05, 0) is 53.7 Å². The predicted octanol–water partition coefficient (Wildman–Crippen LogP) is 3.40. The summed E-state index contributed by atoms with van der Waals surface area (Å²) in [6, 6.07) is 2.43. The van der Waals surface area contributed by atoms with Gasteiger partial charge in [-0.1, -0.05) is 19.0 Å². The van der Waals surface area contributed by atoms with Crippen LogP contribution in [0.2, 0.25) is 0 Å². The minimum absolute atomic E-state index is 0.0719. The summed E-state index contributed by atoms with van der Waals surface area (Å²) in [5.41, 5.74) is 0. The number of nitrogens with one attached hydrogen (secondary N) is 2. The number of halogens is 1. The summed E-state index contributed by atoms with van der Waals surface area (Å²) in [6.07, 6.45) is 2.17. The van der Waals surface area contributed by atoms with Crippen molar-refractivity contribution in [2.75, 3.05) is 0 Å². The highest BCUT2D eigenvalue weighted by Gasteiger charge is 2.32. The number of carbonyl (C=O) groups is 2. The molecular formula is C17H21BrN4O3S. The van der Waals surface area contributed by atoms with Crippen molar-refractivity contribution in [3.8, 4) is 0 Å². The fourth-order valence-electron chi connectivity index (χ4n) is 2.44. The second-order valence-electron chi connectivity index (χ2n) is 6.79. The van der Waals surface area contributed by atoms with E-state index in [9.17, 15) is 9.59 Å². The molecule has 1 fully saturated rings. The zero-order chi connectivity index (χ0) is 18.8. The van der Waals surface area contributed by atoms with Gasteiger partial charge in [0, 0.05) is 5.92 Å².